The number of rotatable bonds is 0. The molecule has 2 heteroatoms. The van der Waals surface area contributed by atoms with Crippen molar-refractivity contribution in [2.45, 2.75) is 26.7 Å². The highest BCUT2D eigenvalue weighted by Crippen LogP contribution is 2.43. The Labute approximate surface area is 50.1 Å². The van der Waals surface area contributed by atoms with Gasteiger partial charge in [-0.2, -0.15) is 0 Å². The molecular formula is C6H13NO. The third-order valence-electron chi connectivity index (χ3n) is 1.25. The molecule has 0 heterocycles. The van der Waals surface area contributed by atoms with Gasteiger partial charge in [0.25, 0.3) is 0 Å². The molecule has 0 bridgehead atoms. The summed E-state index contributed by atoms with van der Waals surface area (Å²) in [5, 5.41) is 0. The molecule has 0 aromatic heterocycles. The van der Waals surface area contributed by atoms with E-state index in [0.29, 0.717) is 0 Å². The lowest BCUT2D eigenvalue weighted by Gasteiger charge is -1.86. The highest BCUT2D eigenvalue weighted by atomic mass is 16.1. The number of carbonyl (C=O) groups excluding carboxylic acids is 1. The van der Waals surface area contributed by atoms with Crippen molar-refractivity contribution in [2.75, 3.05) is 0 Å². The number of amides is 1. The number of hydrogen-bond donors (Lipinski definition) is 1. The maximum Gasteiger partial charge on any atom is 0.204 e. The van der Waals surface area contributed by atoms with Crippen LogP contribution >= 0.6 is 0 Å². The Morgan fingerprint density at radius 3 is 1.62 bits per heavy atom. The first kappa shape index (κ1) is 7.47. The molecular weight excluding hydrogens is 102 g/mol. The SMILES string of the molecule is CC1(C)CC1.NC=O. The molecule has 48 valence electrons. The van der Waals surface area contributed by atoms with Crippen LogP contribution < -0.4 is 5.73 Å². The minimum Gasteiger partial charge on any atom is -0.372 e. The van der Waals surface area contributed by atoms with Gasteiger partial charge in [0.15, 0.2) is 0 Å². The summed E-state index contributed by atoms with van der Waals surface area (Å²) >= 11 is 0. The van der Waals surface area contributed by atoms with Crippen molar-refractivity contribution in [2.24, 2.45) is 11.1 Å². The summed E-state index contributed by atoms with van der Waals surface area (Å²) in [6, 6.07) is 0. The van der Waals surface area contributed by atoms with Crippen LogP contribution in [0.3, 0.4) is 0 Å². The number of nitrogens with two attached hydrogens (primary N) is 1. The van der Waals surface area contributed by atoms with Gasteiger partial charge in [-0.25, -0.2) is 0 Å². The van der Waals surface area contributed by atoms with E-state index in [-0.39, 0.29) is 6.41 Å². The molecule has 1 aliphatic rings. The molecule has 8 heavy (non-hydrogen) atoms. The molecule has 2 nitrogen and oxygen atoms in total. The molecule has 1 saturated carbocycles. The van der Waals surface area contributed by atoms with Crippen LogP contribution in [-0.2, 0) is 4.79 Å². The quantitative estimate of drug-likeness (QED) is 0.468. The smallest absolute Gasteiger partial charge is 0.204 e. The lowest BCUT2D eigenvalue weighted by Crippen LogP contribution is -1.82. The molecule has 0 aliphatic heterocycles. The summed E-state index contributed by atoms with van der Waals surface area (Å²) in [4.78, 5) is 8.58. The van der Waals surface area contributed by atoms with Crippen molar-refractivity contribution < 1.29 is 4.79 Å². The largest absolute Gasteiger partial charge is 0.372 e. The highest BCUT2D eigenvalue weighted by Gasteiger charge is 2.30. The fourth-order valence-corrected chi connectivity index (χ4v) is 0.250. The third-order valence-corrected chi connectivity index (χ3v) is 1.25. The number of primary amides is 1. The van der Waals surface area contributed by atoms with Crippen LogP contribution in [-0.4, -0.2) is 6.41 Å². The van der Waals surface area contributed by atoms with E-state index in [1.165, 1.54) is 12.8 Å². The van der Waals surface area contributed by atoms with E-state index in [4.69, 9.17) is 4.79 Å². The second-order valence-corrected chi connectivity index (χ2v) is 2.80. The zero-order chi connectivity index (χ0) is 6.62. The molecule has 0 atom stereocenters. The van der Waals surface area contributed by atoms with Gasteiger partial charge in [-0.3, -0.25) is 4.79 Å². The van der Waals surface area contributed by atoms with Crippen LogP contribution in [0.2, 0.25) is 0 Å². The summed E-state index contributed by atoms with van der Waals surface area (Å²) in [7, 11) is 0. The van der Waals surface area contributed by atoms with Crippen molar-refractivity contribution in [3.8, 4) is 0 Å². The number of carbonyl (C=O) groups is 1. The zero-order valence-corrected chi connectivity index (χ0v) is 5.48. The zero-order valence-electron chi connectivity index (χ0n) is 5.48. The molecule has 0 aromatic rings. The Balaban J connectivity index is 0.000000145. The first-order chi connectivity index (χ1) is 3.62. The average Bonchev–Trinajstić information content (AvgIpc) is 2.22. The first-order valence-corrected chi connectivity index (χ1v) is 2.78. The standard InChI is InChI=1S/C5H10.CH3NO/c1-5(2)3-4-5;2-1-3/h3-4H2,1-2H3;1H,(H2,2,3). The van der Waals surface area contributed by atoms with Crippen molar-refractivity contribution in [3.05, 3.63) is 0 Å². The molecule has 1 amide bonds. The van der Waals surface area contributed by atoms with Crippen LogP contribution in [0.5, 0.6) is 0 Å². The Morgan fingerprint density at radius 1 is 1.50 bits per heavy atom. The maximum atomic E-state index is 8.58. The third kappa shape index (κ3) is 5.47. The van der Waals surface area contributed by atoms with Gasteiger partial charge in [0, 0.05) is 0 Å². The van der Waals surface area contributed by atoms with Crippen LogP contribution in [0.25, 0.3) is 0 Å². The van der Waals surface area contributed by atoms with Crippen molar-refractivity contribution in [3.63, 3.8) is 0 Å². The predicted octanol–water partition coefficient (Wildman–Crippen LogP) is 0.908. The van der Waals surface area contributed by atoms with Gasteiger partial charge in [0.05, 0.1) is 0 Å². The van der Waals surface area contributed by atoms with E-state index in [9.17, 15) is 0 Å². The average molecular weight is 115 g/mol. The van der Waals surface area contributed by atoms with Gasteiger partial charge in [-0.05, 0) is 18.3 Å². The summed E-state index contributed by atoms with van der Waals surface area (Å²) in [5.74, 6) is 0. The van der Waals surface area contributed by atoms with E-state index in [1.807, 2.05) is 0 Å². The molecule has 1 fully saturated rings. The summed E-state index contributed by atoms with van der Waals surface area (Å²) < 4.78 is 0. The van der Waals surface area contributed by atoms with Crippen molar-refractivity contribution in [1.82, 2.24) is 0 Å². The van der Waals surface area contributed by atoms with Crippen molar-refractivity contribution >= 4 is 6.41 Å². The molecule has 0 radical (unpaired) electrons. The summed E-state index contributed by atoms with van der Waals surface area (Å²) in [6.45, 7) is 4.60. The van der Waals surface area contributed by atoms with Gasteiger partial charge in [0.1, 0.15) is 0 Å². The molecule has 1 aliphatic carbocycles. The molecule has 0 unspecified atom stereocenters. The molecule has 0 aromatic carbocycles. The minimum atomic E-state index is 0.250. The minimum absolute atomic E-state index is 0.250. The normalized spacial score (nSPS) is 20.2. The van der Waals surface area contributed by atoms with E-state index < -0.39 is 0 Å². The van der Waals surface area contributed by atoms with Gasteiger partial charge in [-0.15, -0.1) is 0 Å². The highest BCUT2D eigenvalue weighted by molar-refractivity contribution is 5.42. The molecule has 1 rings (SSSR count). The Kier molecular flexibility index (Phi) is 2.52. The summed E-state index contributed by atoms with van der Waals surface area (Å²) in [5.41, 5.74) is 4.92. The Morgan fingerprint density at radius 2 is 1.62 bits per heavy atom. The summed E-state index contributed by atoms with van der Waals surface area (Å²) in [6.07, 6.45) is 3.15. The topological polar surface area (TPSA) is 43.1 Å². The molecule has 0 spiro atoms. The van der Waals surface area contributed by atoms with Gasteiger partial charge in [-0.1, -0.05) is 13.8 Å². The van der Waals surface area contributed by atoms with Gasteiger partial charge < -0.3 is 5.73 Å². The van der Waals surface area contributed by atoms with Gasteiger partial charge >= 0.3 is 0 Å². The second-order valence-electron chi connectivity index (χ2n) is 2.80. The van der Waals surface area contributed by atoms with Crippen LogP contribution in [0.4, 0.5) is 0 Å². The second kappa shape index (κ2) is 2.70. The lowest BCUT2D eigenvalue weighted by molar-refractivity contribution is -0.106. The van der Waals surface area contributed by atoms with Crippen molar-refractivity contribution in [1.29, 1.82) is 0 Å². The Bertz CT molecular complexity index is 72.6. The molecule has 2 N–H and O–H groups in total. The predicted molar refractivity (Wildman–Crippen MR) is 33.3 cm³/mol. The van der Waals surface area contributed by atoms with E-state index >= 15 is 0 Å². The first-order valence-electron chi connectivity index (χ1n) is 2.78. The lowest BCUT2D eigenvalue weighted by atomic mass is 10.2. The van der Waals surface area contributed by atoms with E-state index in [0.717, 1.165) is 5.41 Å². The fourth-order valence-electron chi connectivity index (χ4n) is 0.250. The van der Waals surface area contributed by atoms with Crippen LogP contribution in [0, 0.1) is 5.41 Å². The van der Waals surface area contributed by atoms with Crippen LogP contribution in [0.15, 0.2) is 0 Å². The Hall–Kier alpha value is -0.530. The van der Waals surface area contributed by atoms with E-state index in [2.05, 4.69) is 19.6 Å². The fraction of sp³-hybridized carbons (Fsp3) is 0.833. The monoisotopic (exact) mass is 115 g/mol. The van der Waals surface area contributed by atoms with E-state index in [1.54, 1.807) is 0 Å². The van der Waals surface area contributed by atoms with Gasteiger partial charge in [0.2, 0.25) is 6.41 Å². The van der Waals surface area contributed by atoms with Crippen LogP contribution in [0.1, 0.15) is 26.7 Å². The maximum absolute atomic E-state index is 8.58. The molecule has 0 saturated heterocycles. The number of hydrogen-bond acceptors (Lipinski definition) is 1.